The van der Waals surface area contributed by atoms with Crippen LogP contribution < -0.4 is 4.72 Å². The van der Waals surface area contributed by atoms with E-state index in [4.69, 9.17) is 9.94 Å². The second kappa shape index (κ2) is 6.73. The molecule has 0 radical (unpaired) electrons. The molecule has 126 valence electrons. The lowest BCUT2D eigenvalue weighted by Crippen LogP contribution is -2.42. The van der Waals surface area contributed by atoms with Crippen molar-refractivity contribution in [3.63, 3.8) is 0 Å². The molecule has 23 heavy (non-hydrogen) atoms. The minimum Gasteiger partial charge on any atom is -0.443 e. The molecular weight excluding hydrogens is 331 g/mol. The molecule has 0 spiro atoms. The van der Waals surface area contributed by atoms with Gasteiger partial charge in [-0.05, 0) is 32.9 Å². The van der Waals surface area contributed by atoms with Crippen molar-refractivity contribution in [2.45, 2.75) is 26.4 Å². The number of nitrogens with one attached hydrogen (secondary N) is 1. The molecular formula is C13H15FN2O6S. The normalized spacial score (nSPS) is 12.6. The van der Waals surface area contributed by atoms with Crippen molar-refractivity contribution in [2.24, 2.45) is 5.16 Å². The molecule has 0 aliphatic heterocycles. The Morgan fingerprint density at radius 3 is 2.30 bits per heavy atom. The molecule has 0 heterocycles. The number of hydrogen-bond acceptors (Lipinski definition) is 7. The Bertz CT molecular complexity index is 752. The number of hydrogen-bond donors (Lipinski definition) is 2. The summed E-state index contributed by atoms with van der Waals surface area (Å²) in [5.41, 5.74) is -1.62. The fourth-order valence-electron chi connectivity index (χ4n) is 1.44. The van der Waals surface area contributed by atoms with Gasteiger partial charge in [0.1, 0.15) is 11.4 Å². The zero-order chi connectivity index (χ0) is 17.8. The van der Waals surface area contributed by atoms with Gasteiger partial charge in [0.05, 0.1) is 5.56 Å². The van der Waals surface area contributed by atoms with Gasteiger partial charge in [0.15, 0.2) is 0 Å². The first kappa shape index (κ1) is 18.6. The highest BCUT2D eigenvalue weighted by Crippen LogP contribution is 2.11. The molecule has 0 atom stereocenters. The van der Waals surface area contributed by atoms with Gasteiger partial charge in [-0.2, -0.15) is 8.42 Å². The van der Waals surface area contributed by atoms with E-state index in [-0.39, 0.29) is 0 Å². The predicted molar refractivity (Wildman–Crippen MR) is 78.2 cm³/mol. The molecule has 0 saturated heterocycles. The van der Waals surface area contributed by atoms with Crippen LogP contribution in [0.1, 0.15) is 31.1 Å². The van der Waals surface area contributed by atoms with Crippen molar-refractivity contribution in [3.05, 3.63) is 35.6 Å². The maximum atomic E-state index is 13.5. The molecule has 0 bridgehead atoms. The lowest BCUT2D eigenvalue weighted by Gasteiger charge is -2.19. The van der Waals surface area contributed by atoms with Gasteiger partial charge in [0.25, 0.3) is 15.1 Å². The highest BCUT2D eigenvalue weighted by atomic mass is 32.2. The molecule has 1 rings (SSSR count). The van der Waals surface area contributed by atoms with Crippen LogP contribution in [0.5, 0.6) is 0 Å². The van der Waals surface area contributed by atoms with E-state index >= 15 is 0 Å². The van der Waals surface area contributed by atoms with E-state index in [0.717, 1.165) is 12.1 Å². The highest BCUT2D eigenvalue weighted by Gasteiger charge is 2.33. The van der Waals surface area contributed by atoms with Gasteiger partial charge in [-0.3, -0.25) is 4.79 Å². The van der Waals surface area contributed by atoms with Crippen LogP contribution in [0.4, 0.5) is 9.18 Å². The van der Waals surface area contributed by atoms with Crippen molar-refractivity contribution in [2.75, 3.05) is 0 Å². The number of rotatable bonds is 2. The molecule has 1 amide bonds. The summed E-state index contributed by atoms with van der Waals surface area (Å²) >= 11 is 0. The summed E-state index contributed by atoms with van der Waals surface area (Å²) in [5.74, 6) is -2.42. The fraction of sp³-hybridized carbons (Fsp3) is 0.308. The van der Waals surface area contributed by atoms with Crippen molar-refractivity contribution < 1.29 is 32.3 Å². The molecule has 0 aliphatic carbocycles. The fourth-order valence-corrected chi connectivity index (χ4v) is 2.26. The third-order valence-corrected chi connectivity index (χ3v) is 3.49. The zero-order valence-corrected chi connectivity index (χ0v) is 13.3. The summed E-state index contributed by atoms with van der Waals surface area (Å²) in [7, 11) is -4.85. The van der Waals surface area contributed by atoms with Crippen molar-refractivity contribution in [1.29, 1.82) is 0 Å². The number of halogens is 1. The topological polar surface area (TPSA) is 122 Å². The Morgan fingerprint density at radius 2 is 1.83 bits per heavy atom. The minimum atomic E-state index is -4.85. The number of carbonyl (C=O) groups is 2. The van der Waals surface area contributed by atoms with E-state index < -0.39 is 43.9 Å². The maximum Gasteiger partial charge on any atom is 0.421 e. The third kappa shape index (κ3) is 5.02. The first-order chi connectivity index (χ1) is 10.5. The Kier molecular flexibility index (Phi) is 5.43. The van der Waals surface area contributed by atoms with E-state index in [0.29, 0.717) is 0 Å². The smallest absolute Gasteiger partial charge is 0.421 e. The van der Waals surface area contributed by atoms with Crippen LogP contribution in [0.15, 0.2) is 29.4 Å². The van der Waals surface area contributed by atoms with Gasteiger partial charge < -0.3 is 9.94 Å². The van der Waals surface area contributed by atoms with Gasteiger partial charge >= 0.3 is 6.09 Å². The van der Waals surface area contributed by atoms with Gasteiger partial charge in [-0.15, -0.1) is 0 Å². The Hall–Kier alpha value is -2.49. The lowest BCUT2D eigenvalue weighted by molar-refractivity contribution is 0.0571. The first-order valence-corrected chi connectivity index (χ1v) is 7.73. The van der Waals surface area contributed by atoms with E-state index in [1.165, 1.54) is 37.6 Å². The van der Waals surface area contributed by atoms with E-state index in [2.05, 4.69) is 5.16 Å². The van der Waals surface area contributed by atoms with Crippen molar-refractivity contribution >= 4 is 26.9 Å². The molecule has 0 aromatic heterocycles. The highest BCUT2D eigenvalue weighted by molar-refractivity contribution is 8.07. The van der Waals surface area contributed by atoms with E-state index in [1.807, 2.05) is 0 Å². The van der Waals surface area contributed by atoms with Gasteiger partial charge in [-0.1, -0.05) is 17.3 Å². The molecule has 0 fully saturated rings. The van der Waals surface area contributed by atoms with Crippen LogP contribution in [-0.4, -0.2) is 36.1 Å². The number of ketones is 1. The summed E-state index contributed by atoms with van der Waals surface area (Å²) in [4.78, 5) is 23.5. The summed E-state index contributed by atoms with van der Waals surface area (Å²) in [6, 6.07) is 4.51. The minimum absolute atomic E-state index is 0.630. The number of carbonyl (C=O) groups excluding carboxylic acids is 2. The molecule has 1 aromatic carbocycles. The van der Waals surface area contributed by atoms with Crippen LogP contribution >= 0.6 is 0 Å². The Labute approximate surface area is 132 Å². The standard InChI is InChI=1S/C13H15FN2O6S/c1-13(2,3)22-12(18)16-23(20,21)11(15-19)10(17)8-6-4-5-7-9(8)14/h4-7,19H,1-3H3,(H,16,18)/b15-11-. The first-order valence-electron chi connectivity index (χ1n) is 6.25. The quantitative estimate of drug-likeness (QED) is 0.276. The van der Waals surface area contributed by atoms with Crippen LogP contribution in [0.2, 0.25) is 0 Å². The second-order valence-corrected chi connectivity index (χ2v) is 6.92. The predicted octanol–water partition coefficient (Wildman–Crippen LogP) is 1.65. The summed E-state index contributed by atoms with van der Waals surface area (Å²) in [5, 5.41) is 9.74. The average molecular weight is 346 g/mol. The average Bonchev–Trinajstić information content (AvgIpc) is 2.36. The van der Waals surface area contributed by atoms with Crippen molar-refractivity contribution in [1.82, 2.24) is 4.72 Å². The molecule has 0 aliphatic rings. The van der Waals surface area contributed by atoms with E-state index in [1.54, 1.807) is 0 Å². The Morgan fingerprint density at radius 1 is 1.26 bits per heavy atom. The van der Waals surface area contributed by atoms with E-state index in [9.17, 15) is 22.4 Å². The van der Waals surface area contributed by atoms with Gasteiger partial charge in [0.2, 0.25) is 5.78 Å². The summed E-state index contributed by atoms with van der Waals surface area (Å²) in [6.45, 7) is 4.47. The van der Waals surface area contributed by atoms with Crippen LogP contribution in [0.3, 0.4) is 0 Å². The molecule has 0 unspecified atom stereocenters. The summed E-state index contributed by atoms with van der Waals surface area (Å²) in [6.07, 6.45) is -1.38. The molecule has 1 aromatic rings. The number of sulfonamides is 1. The maximum absolute atomic E-state index is 13.5. The number of amides is 1. The van der Waals surface area contributed by atoms with Crippen LogP contribution in [-0.2, 0) is 14.8 Å². The van der Waals surface area contributed by atoms with Gasteiger partial charge in [0, 0.05) is 0 Å². The third-order valence-electron chi connectivity index (χ3n) is 2.27. The van der Waals surface area contributed by atoms with Gasteiger partial charge in [-0.25, -0.2) is 13.9 Å². The SMILES string of the molecule is CC(C)(C)OC(=O)NS(=O)(=O)/C(=N\O)C(=O)c1ccccc1F. The number of benzene rings is 1. The Balaban J connectivity index is 3.08. The summed E-state index contributed by atoms with van der Waals surface area (Å²) < 4.78 is 43.6. The number of oxime groups is 1. The van der Waals surface area contributed by atoms with Crippen molar-refractivity contribution in [3.8, 4) is 0 Å². The van der Waals surface area contributed by atoms with Crippen LogP contribution in [0.25, 0.3) is 0 Å². The molecule has 0 saturated carbocycles. The number of ether oxygens (including phenoxy) is 1. The number of nitrogens with zero attached hydrogens (tertiary/aromatic N) is 1. The largest absolute Gasteiger partial charge is 0.443 e. The molecule has 8 nitrogen and oxygen atoms in total. The lowest BCUT2D eigenvalue weighted by atomic mass is 10.1. The zero-order valence-electron chi connectivity index (χ0n) is 12.5. The van der Waals surface area contributed by atoms with Crippen LogP contribution in [0, 0.1) is 5.82 Å². The molecule has 10 heteroatoms. The second-order valence-electron chi connectivity index (χ2n) is 5.32. The molecule has 2 N–H and O–H groups in total. The number of Topliss-reactive ketones (excluding diaryl/α,β-unsaturated/α-hetero) is 1. The monoisotopic (exact) mass is 346 g/mol.